The normalized spacial score (nSPS) is 11.3. The second-order valence-electron chi connectivity index (χ2n) is 3.77. The van der Waals surface area contributed by atoms with Gasteiger partial charge >= 0.3 is 5.97 Å². The molecule has 0 aromatic rings. The Balaban J connectivity index is 3.37. The van der Waals surface area contributed by atoms with Gasteiger partial charge in [-0.25, -0.2) is 0 Å². The maximum atomic E-state index is 10.8. The second-order valence-corrected chi connectivity index (χ2v) is 3.77. The Kier molecular flexibility index (Phi) is 4.85. The highest BCUT2D eigenvalue weighted by molar-refractivity contribution is 5.69. The molecule has 0 amide bonds. The molecule has 0 heterocycles. The summed E-state index contributed by atoms with van der Waals surface area (Å²) in [6, 6.07) is 0. The molecule has 0 atom stereocenters. The van der Waals surface area contributed by atoms with Crippen molar-refractivity contribution in [3.8, 4) is 0 Å². The van der Waals surface area contributed by atoms with Crippen LogP contribution in [0.4, 0.5) is 0 Å². The predicted molar refractivity (Wildman–Crippen MR) is 47.5 cm³/mol. The molecule has 0 fully saturated rings. The van der Waals surface area contributed by atoms with Gasteiger partial charge in [-0.1, -0.05) is 0 Å². The fourth-order valence-electron chi connectivity index (χ4n) is 0.623. The van der Waals surface area contributed by atoms with Crippen molar-refractivity contribution in [2.24, 2.45) is 5.73 Å². The zero-order valence-corrected chi connectivity index (χ0v) is 8.17. The van der Waals surface area contributed by atoms with Gasteiger partial charge in [0.25, 0.3) is 0 Å². The third kappa shape index (κ3) is 7.50. The largest absolute Gasteiger partial charge is 0.460 e. The number of nitrogens with two attached hydrogens (primary N) is 1. The van der Waals surface area contributed by atoms with Crippen LogP contribution in [0.25, 0.3) is 0 Å². The van der Waals surface area contributed by atoms with Crippen molar-refractivity contribution in [2.45, 2.75) is 6.42 Å². The summed E-state index contributed by atoms with van der Waals surface area (Å²) in [4.78, 5) is 10.8. The number of rotatable bonds is 5. The lowest BCUT2D eigenvalue weighted by Gasteiger charge is -2.23. The van der Waals surface area contributed by atoms with Gasteiger partial charge in [-0.05, 0) is 0 Å². The molecule has 4 heteroatoms. The zero-order valence-electron chi connectivity index (χ0n) is 8.17. The minimum Gasteiger partial charge on any atom is -0.460 e. The first-order valence-corrected chi connectivity index (χ1v) is 4.12. The van der Waals surface area contributed by atoms with Gasteiger partial charge < -0.3 is 15.0 Å². The molecular weight excluding hydrogens is 156 g/mol. The monoisotopic (exact) mass is 175 g/mol. The fraction of sp³-hybridized carbons (Fsp3) is 0.875. The smallest absolute Gasteiger partial charge is 0.307 e. The molecule has 4 nitrogen and oxygen atoms in total. The summed E-state index contributed by atoms with van der Waals surface area (Å²) in [6.07, 6.45) is 0.317. The van der Waals surface area contributed by atoms with Crippen molar-refractivity contribution < 1.29 is 14.0 Å². The highest BCUT2D eigenvalue weighted by Gasteiger charge is 2.08. The maximum absolute atomic E-state index is 10.8. The summed E-state index contributed by atoms with van der Waals surface area (Å²) in [7, 11) is 6.16. The molecule has 0 aromatic carbocycles. The molecule has 72 valence electrons. The van der Waals surface area contributed by atoms with Gasteiger partial charge in [-0.2, -0.15) is 0 Å². The number of hydrogen-bond donors (Lipinski definition) is 1. The Labute approximate surface area is 73.9 Å². The number of likely N-dealkylation sites (N-methyl/N-ethyl adjacent to an activating group) is 1. The summed E-state index contributed by atoms with van der Waals surface area (Å²) in [6.45, 7) is 1.67. The van der Waals surface area contributed by atoms with Gasteiger partial charge in [0.1, 0.15) is 13.2 Å². The zero-order chi connectivity index (χ0) is 9.61. The lowest BCUT2D eigenvalue weighted by Crippen LogP contribution is -2.38. The Morgan fingerprint density at radius 3 is 2.42 bits per heavy atom. The van der Waals surface area contributed by atoms with E-state index in [9.17, 15) is 4.79 Å². The second kappa shape index (κ2) is 5.11. The van der Waals surface area contributed by atoms with Crippen LogP contribution in [-0.4, -0.2) is 51.3 Å². The Hall–Kier alpha value is -0.610. The predicted octanol–water partition coefficient (Wildman–Crippen LogP) is -0.415. The first-order chi connectivity index (χ1) is 5.45. The summed E-state index contributed by atoms with van der Waals surface area (Å²) in [5.41, 5.74) is 5.18. The van der Waals surface area contributed by atoms with E-state index >= 15 is 0 Å². The van der Waals surface area contributed by atoms with Crippen molar-refractivity contribution in [3.05, 3.63) is 0 Å². The van der Waals surface area contributed by atoms with E-state index in [1.54, 1.807) is 0 Å². The van der Waals surface area contributed by atoms with Gasteiger partial charge in [0, 0.05) is 6.54 Å². The third-order valence-electron chi connectivity index (χ3n) is 1.37. The number of esters is 1. The molecular formula is C8H19N2O2+. The van der Waals surface area contributed by atoms with E-state index in [1.165, 1.54) is 0 Å². The van der Waals surface area contributed by atoms with Crippen LogP contribution in [0.15, 0.2) is 0 Å². The summed E-state index contributed by atoms with van der Waals surface area (Å²) >= 11 is 0. The average Bonchev–Trinajstić information content (AvgIpc) is 1.84. The van der Waals surface area contributed by atoms with Crippen molar-refractivity contribution >= 4 is 5.97 Å². The number of hydrogen-bond acceptors (Lipinski definition) is 3. The van der Waals surface area contributed by atoms with E-state index in [0.717, 1.165) is 11.0 Å². The topological polar surface area (TPSA) is 52.3 Å². The van der Waals surface area contributed by atoms with Crippen LogP contribution in [0.5, 0.6) is 0 Å². The highest BCUT2D eigenvalue weighted by Crippen LogP contribution is 1.91. The molecule has 0 unspecified atom stereocenters. The van der Waals surface area contributed by atoms with Crippen molar-refractivity contribution in [3.63, 3.8) is 0 Å². The SMILES string of the molecule is C[N+](C)(C)CCOC(=O)CCN. The van der Waals surface area contributed by atoms with Gasteiger partial charge in [0.15, 0.2) is 0 Å². The van der Waals surface area contributed by atoms with E-state index in [-0.39, 0.29) is 5.97 Å². The van der Waals surface area contributed by atoms with Crippen molar-refractivity contribution in [1.82, 2.24) is 0 Å². The molecule has 0 bridgehead atoms. The molecule has 2 N–H and O–H groups in total. The van der Waals surface area contributed by atoms with Crippen molar-refractivity contribution in [2.75, 3.05) is 40.8 Å². The van der Waals surface area contributed by atoms with Gasteiger partial charge in [-0.3, -0.25) is 4.79 Å². The molecule has 0 spiro atoms. The lowest BCUT2D eigenvalue weighted by molar-refractivity contribution is -0.870. The molecule has 0 saturated carbocycles. The number of quaternary nitrogens is 1. The minimum atomic E-state index is -0.203. The number of nitrogens with zero attached hydrogens (tertiary/aromatic N) is 1. The van der Waals surface area contributed by atoms with Crippen LogP contribution >= 0.6 is 0 Å². The first kappa shape index (κ1) is 11.4. The molecule has 0 rings (SSSR count). The molecule has 0 aliphatic heterocycles. The Bertz CT molecular complexity index is 140. The lowest BCUT2D eigenvalue weighted by atomic mass is 10.4. The molecule has 0 saturated heterocycles. The van der Waals surface area contributed by atoms with Crippen LogP contribution in [0, 0.1) is 0 Å². The van der Waals surface area contributed by atoms with Crippen LogP contribution in [-0.2, 0) is 9.53 Å². The summed E-state index contributed by atoms with van der Waals surface area (Å²) in [5, 5.41) is 0. The third-order valence-corrected chi connectivity index (χ3v) is 1.37. The van der Waals surface area contributed by atoms with Crippen LogP contribution in [0.2, 0.25) is 0 Å². The molecule has 0 aliphatic carbocycles. The average molecular weight is 175 g/mol. The van der Waals surface area contributed by atoms with E-state index in [1.807, 2.05) is 0 Å². The van der Waals surface area contributed by atoms with Gasteiger partial charge in [0.05, 0.1) is 27.6 Å². The van der Waals surface area contributed by atoms with Crippen LogP contribution < -0.4 is 5.73 Å². The minimum absolute atomic E-state index is 0.203. The summed E-state index contributed by atoms with van der Waals surface area (Å²) in [5.74, 6) is -0.203. The number of ether oxygens (including phenoxy) is 1. The van der Waals surface area contributed by atoms with E-state index < -0.39 is 0 Å². The highest BCUT2D eigenvalue weighted by atomic mass is 16.5. The fourth-order valence-corrected chi connectivity index (χ4v) is 0.623. The number of carbonyl (C=O) groups excluding carboxylic acids is 1. The standard InChI is InChI=1S/C8H19N2O2/c1-10(2,3)6-7-12-8(11)4-5-9/h4-7,9H2,1-3H3/q+1. The van der Waals surface area contributed by atoms with Gasteiger partial charge in [-0.15, -0.1) is 0 Å². The molecule has 0 radical (unpaired) electrons. The van der Waals surface area contributed by atoms with Crippen LogP contribution in [0.3, 0.4) is 0 Å². The Morgan fingerprint density at radius 2 is 2.00 bits per heavy atom. The van der Waals surface area contributed by atoms with Crippen molar-refractivity contribution in [1.29, 1.82) is 0 Å². The maximum Gasteiger partial charge on any atom is 0.307 e. The molecule has 0 aliphatic rings. The van der Waals surface area contributed by atoms with E-state index in [2.05, 4.69) is 21.1 Å². The van der Waals surface area contributed by atoms with E-state index in [4.69, 9.17) is 10.5 Å². The molecule has 0 aromatic heterocycles. The van der Waals surface area contributed by atoms with Crippen LogP contribution in [0.1, 0.15) is 6.42 Å². The summed E-state index contributed by atoms with van der Waals surface area (Å²) < 4.78 is 5.73. The van der Waals surface area contributed by atoms with Gasteiger partial charge in [0.2, 0.25) is 0 Å². The molecule has 12 heavy (non-hydrogen) atoms. The first-order valence-electron chi connectivity index (χ1n) is 4.12. The Morgan fingerprint density at radius 1 is 1.42 bits per heavy atom. The number of carbonyl (C=O) groups is 1. The van der Waals surface area contributed by atoms with E-state index in [0.29, 0.717) is 19.6 Å². The quantitative estimate of drug-likeness (QED) is 0.456.